The summed E-state index contributed by atoms with van der Waals surface area (Å²) in [7, 11) is 0. The van der Waals surface area contributed by atoms with E-state index >= 15 is 0 Å². The summed E-state index contributed by atoms with van der Waals surface area (Å²) in [5.74, 6) is -0.194. The maximum atomic E-state index is 12.1. The Kier molecular flexibility index (Phi) is 4.91. The number of nitriles is 1. The lowest BCUT2D eigenvalue weighted by Crippen LogP contribution is -2.29. The molecule has 0 saturated heterocycles. The number of anilines is 1. The smallest absolute Gasteiger partial charge is 0.249 e. The molecule has 0 bridgehead atoms. The summed E-state index contributed by atoms with van der Waals surface area (Å²) in [6, 6.07) is 6.17. The van der Waals surface area contributed by atoms with E-state index in [-0.39, 0.29) is 5.91 Å². The Hall–Kier alpha value is -1.94. The van der Waals surface area contributed by atoms with Crippen molar-refractivity contribution in [1.29, 1.82) is 5.26 Å². The van der Waals surface area contributed by atoms with Gasteiger partial charge in [0.2, 0.25) is 5.91 Å². The average molecular weight is 343 g/mol. The Bertz CT molecular complexity index is 769. The molecule has 6 heteroatoms. The van der Waals surface area contributed by atoms with Crippen LogP contribution in [0.25, 0.3) is 6.08 Å². The van der Waals surface area contributed by atoms with Crippen LogP contribution in [0.15, 0.2) is 23.6 Å². The van der Waals surface area contributed by atoms with Gasteiger partial charge in [-0.05, 0) is 36.1 Å². The van der Waals surface area contributed by atoms with Gasteiger partial charge in [-0.1, -0.05) is 13.0 Å². The molecule has 118 valence electrons. The molecule has 2 aromatic rings. The predicted molar refractivity (Wildman–Crippen MR) is 95.7 cm³/mol. The van der Waals surface area contributed by atoms with Gasteiger partial charge < -0.3 is 5.32 Å². The van der Waals surface area contributed by atoms with Crippen LogP contribution in [0.1, 0.15) is 27.8 Å². The Labute approximate surface area is 143 Å². The highest BCUT2D eigenvalue weighted by atomic mass is 32.1. The summed E-state index contributed by atoms with van der Waals surface area (Å²) in [5.41, 5.74) is 1.75. The van der Waals surface area contributed by atoms with E-state index in [9.17, 15) is 10.1 Å². The molecule has 0 unspecified atom stereocenters. The first kappa shape index (κ1) is 15.9. The molecule has 1 aliphatic rings. The molecule has 23 heavy (non-hydrogen) atoms. The normalized spacial score (nSPS) is 14.6. The number of nitrogens with zero attached hydrogens (tertiary/aromatic N) is 2. The van der Waals surface area contributed by atoms with Gasteiger partial charge in [0, 0.05) is 28.9 Å². The Morgan fingerprint density at radius 2 is 2.43 bits per heavy atom. The van der Waals surface area contributed by atoms with Gasteiger partial charge in [0.1, 0.15) is 11.1 Å². The highest BCUT2D eigenvalue weighted by Crippen LogP contribution is 2.36. The molecule has 0 atom stereocenters. The second kappa shape index (κ2) is 7.09. The van der Waals surface area contributed by atoms with Crippen molar-refractivity contribution in [2.45, 2.75) is 19.9 Å². The lowest BCUT2D eigenvalue weighted by Gasteiger charge is -2.24. The van der Waals surface area contributed by atoms with Crippen molar-refractivity contribution < 1.29 is 4.79 Å². The van der Waals surface area contributed by atoms with E-state index in [0.717, 1.165) is 36.5 Å². The quantitative estimate of drug-likeness (QED) is 0.861. The molecule has 0 aromatic carbocycles. The Morgan fingerprint density at radius 1 is 1.57 bits per heavy atom. The van der Waals surface area contributed by atoms with Gasteiger partial charge in [-0.3, -0.25) is 9.69 Å². The van der Waals surface area contributed by atoms with Gasteiger partial charge in [0.25, 0.3) is 0 Å². The number of amides is 1. The fraction of sp³-hybridized carbons (Fsp3) is 0.294. The first-order chi connectivity index (χ1) is 11.2. The van der Waals surface area contributed by atoms with Gasteiger partial charge >= 0.3 is 0 Å². The van der Waals surface area contributed by atoms with E-state index < -0.39 is 0 Å². The number of hydrogen-bond acceptors (Lipinski definition) is 5. The lowest BCUT2D eigenvalue weighted by atomic mass is 10.0. The topological polar surface area (TPSA) is 56.1 Å². The number of fused-ring (bicyclic) bond motifs is 1. The molecule has 0 aliphatic carbocycles. The van der Waals surface area contributed by atoms with Crippen molar-refractivity contribution in [3.63, 3.8) is 0 Å². The van der Waals surface area contributed by atoms with E-state index in [1.54, 1.807) is 17.4 Å². The molecule has 0 spiro atoms. The van der Waals surface area contributed by atoms with Crippen molar-refractivity contribution in [2.24, 2.45) is 0 Å². The van der Waals surface area contributed by atoms with Crippen LogP contribution in [0.5, 0.6) is 0 Å². The summed E-state index contributed by atoms with van der Waals surface area (Å²) in [6.45, 7) is 4.99. The van der Waals surface area contributed by atoms with Crippen LogP contribution in [-0.2, 0) is 17.8 Å². The van der Waals surface area contributed by atoms with Crippen molar-refractivity contribution in [1.82, 2.24) is 4.90 Å². The molecule has 4 nitrogen and oxygen atoms in total. The molecule has 0 saturated carbocycles. The fourth-order valence-corrected chi connectivity index (χ4v) is 4.49. The standard InChI is InChI=1S/C17H17N3OS2/c1-2-20-8-7-13-14(10-18)17(23-15(13)11-20)19-16(21)6-5-12-4-3-9-22-12/h3-6,9H,2,7-8,11H2,1H3,(H,19,21)/b6-5+. The molecule has 3 heterocycles. The molecule has 3 rings (SSSR count). The fourth-order valence-electron chi connectivity index (χ4n) is 2.63. The van der Waals surface area contributed by atoms with Crippen LogP contribution in [0.3, 0.4) is 0 Å². The van der Waals surface area contributed by atoms with Crippen LogP contribution in [0.2, 0.25) is 0 Å². The van der Waals surface area contributed by atoms with Gasteiger partial charge in [0.15, 0.2) is 0 Å². The third-order valence-electron chi connectivity index (χ3n) is 3.87. The molecular weight excluding hydrogens is 326 g/mol. The number of likely N-dealkylation sites (N-methyl/N-ethyl adjacent to an activating group) is 1. The molecule has 1 aliphatic heterocycles. The average Bonchev–Trinajstić information content (AvgIpc) is 3.19. The number of thiophene rings is 2. The first-order valence-electron chi connectivity index (χ1n) is 7.50. The van der Waals surface area contributed by atoms with Gasteiger partial charge in [-0.25, -0.2) is 0 Å². The second-order valence-electron chi connectivity index (χ2n) is 5.28. The van der Waals surface area contributed by atoms with Crippen molar-refractivity contribution in [2.75, 3.05) is 18.4 Å². The van der Waals surface area contributed by atoms with E-state index in [1.807, 2.05) is 17.5 Å². The zero-order valence-electron chi connectivity index (χ0n) is 12.8. The van der Waals surface area contributed by atoms with Crippen LogP contribution in [0, 0.1) is 11.3 Å². The van der Waals surface area contributed by atoms with Gasteiger partial charge in [0.05, 0.1) is 5.56 Å². The third-order valence-corrected chi connectivity index (χ3v) is 5.84. The zero-order valence-corrected chi connectivity index (χ0v) is 14.5. The molecule has 0 radical (unpaired) electrons. The number of carbonyl (C=O) groups excluding carboxylic acids is 1. The van der Waals surface area contributed by atoms with Gasteiger partial charge in [-0.15, -0.1) is 22.7 Å². The summed E-state index contributed by atoms with van der Waals surface area (Å²) >= 11 is 3.11. The minimum atomic E-state index is -0.194. The SMILES string of the molecule is CCN1CCc2c(sc(NC(=O)/C=C/c3cccs3)c2C#N)C1. The maximum absolute atomic E-state index is 12.1. The largest absolute Gasteiger partial charge is 0.313 e. The minimum absolute atomic E-state index is 0.194. The van der Waals surface area contributed by atoms with Crippen molar-refractivity contribution in [3.8, 4) is 6.07 Å². The van der Waals surface area contributed by atoms with Gasteiger partial charge in [-0.2, -0.15) is 5.26 Å². The van der Waals surface area contributed by atoms with E-state index in [1.165, 1.54) is 22.3 Å². The molecule has 1 N–H and O–H groups in total. The van der Waals surface area contributed by atoms with Crippen LogP contribution in [-0.4, -0.2) is 23.9 Å². The summed E-state index contributed by atoms with van der Waals surface area (Å²) in [6.07, 6.45) is 4.19. The monoisotopic (exact) mass is 343 g/mol. The number of nitrogens with one attached hydrogen (secondary N) is 1. The minimum Gasteiger partial charge on any atom is -0.313 e. The van der Waals surface area contributed by atoms with E-state index in [4.69, 9.17) is 0 Å². The Balaban J connectivity index is 1.77. The molecule has 0 fully saturated rings. The summed E-state index contributed by atoms with van der Waals surface area (Å²) in [4.78, 5) is 16.7. The van der Waals surface area contributed by atoms with Crippen LogP contribution >= 0.6 is 22.7 Å². The highest BCUT2D eigenvalue weighted by Gasteiger charge is 2.24. The molecular formula is C17H17N3OS2. The molecule has 2 aromatic heterocycles. The lowest BCUT2D eigenvalue weighted by molar-refractivity contribution is -0.111. The highest BCUT2D eigenvalue weighted by molar-refractivity contribution is 7.16. The first-order valence-corrected chi connectivity index (χ1v) is 9.20. The molecule has 1 amide bonds. The van der Waals surface area contributed by atoms with E-state index in [2.05, 4.69) is 23.2 Å². The van der Waals surface area contributed by atoms with Crippen LogP contribution < -0.4 is 5.32 Å². The number of rotatable bonds is 4. The van der Waals surface area contributed by atoms with Crippen molar-refractivity contribution in [3.05, 3.63) is 44.5 Å². The second-order valence-corrected chi connectivity index (χ2v) is 7.36. The van der Waals surface area contributed by atoms with Crippen LogP contribution in [0.4, 0.5) is 5.00 Å². The summed E-state index contributed by atoms with van der Waals surface area (Å²) in [5, 5.41) is 15.0. The maximum Gasteiger partial charge on any atom is 0.249 e. The number of hydrogen-bond donors (Lipinski definition) is 1. The zero-order chi connectivity index (χ0) is 16.2. The predicted octanol–water partition coefficient (Wildman–Crippen LogP) is 3.71. The van der Waals surface area contributed by atoms with E-state index in [0.29, 0.717) is 10.6 Å². The Morgan fingerprint density at radius 3 is 3.13 bits per heavy atom. The van der Waals surface area contributed by atoms with Crippen molar-refractivity contribution >= 4 is 39.7 Å². The summed E-state index contributed by atoms with van der Waals surface area (Å²) < 4.78 is 0. The third kappa shape index (κ3) is 3.53. The number of carbonyl (C=O) groups is 1.